The molecule has 30 heavy (non-hydrogen) atoms. The van der Waals surface area contributed by atoms with Crippen molar-refractivity contribution < 1.29 is 32.6 Å². The summed E-state index contributed by atoms with van der Waals surface area (Å²) in [6.45, 7) is 3.63. The van der Waals surface area contributed by atoms with Gasteiger partial charge in [0.05, 0.1) is 18.8 Å². The van der Waals surface area contributed by atoms with Crippen molar-refractivity contribution in [1.29, 1.82) is 0 Å². The van der Waals surface area contributed by atoms with Crippen molar-refractivity contribution in [1.82, 2.24) is 0 Å². The van der Waals surface area contributed by atoms with Gasteiger partial charge in [-0.05, 0) is 55.8 Å². The number of ether oxygens (including phenoxy) is 2. The summed E-state index contributed by atoms with van der Waals surface area (Å²) in [4.78, 5) is 33.7. The Labute approximate surface area is 182 Å². The molecule has 0 heterocycles. The molecule has 0 aliphatic carbocycles. The molecule has 0 aliphatic rings. The molecule has 160 valence electrons. The molecule has 0 saturated carbocycles. The predicted molar refractivity (Wildman–Crippen MR) is 109 cm³/mol. The number of Topliss-reactive ketones (excluding diaryl/α,β-unsaturated/α-hetero) is 1. The van der Waals surface area contributed by atoms with Gasteiger partial charge in [0.15, 0.2) is 0 Å². The summed E-state index contributed by atoms with van der Waals surface area (Å²) in [7, 11) is 0. The SMILES string of the molecule is CCOC(=O)C(=C(Cl)Cl)c1ccc(F)cc1.CCOC(=O)C(=O)c1ccc(F)cc1. The first kappa shape index (κ1) is 25.3. The standard InChI is InChI=1S/C11H9Cl2FO2.C10H9FO3/c1-2-16-11(15)9(10(12)13)7-3-5-8(14)6-4-7;1-2-14-10(13)9(12)7-3-5-8(11)6-4-7/h3-6H,2H2,1H3;3-6H,2H2,1H3. The number of halogens is 4. The van der Waals surface area contributed by atoms with Crippen LogP contribution < -0.4 is 0 Å². The second-order valence-corrected chi connectivity index (χ2v) is 6.37. The van der Waals surface area contributed by atoms with Crippen LogP contribution in [0.25, 0.3) is 5.57 Å². The maximum Gasteiger partial charge on any atom is 0.379 e. The number of hydrogen-bond donors (Lipinski definition) is 0. The Kier molecular flexibility index (Phi) is 10.7. The fourth-order valence-electron chi connectivity index (χ4n) is 2.04. The number of ketones is 1. The van der Waals surface area contributed by atoms with Gasteiger partial charge in [-0.15, -0.1) is 0 Å². The van der Waals surface area contributed by atoms with Gasteiger partial charge in [-0.25, -0.2) is 18.4 Å². The molecule has 0 spiro atoms. The summed E-state index contributed by atoms with van der Waals surface area (Å²) in [5.74, 6) is -3.16. The van der Waals surface area contributed by atoms with Gasteiger partial charge in [0.2, 0.25) is 0 Å². The van der Waals surface area contributed by atoms with Crippen molar-refractivity contribution in [2.45, 2.75) is 13.8 Å². The molecule has 0 fully saturated rings. The quantitative estimate of drug-likeness (QED) is 0.260. The third kappa shape index (κ3) is 7.93. The van der Waals surface area contributed by atoms with E-state index in [1.54, 1.807) is 13.8 Å². The second kappa shape index (κ2) is 12.7. The molecule has 2 aromatic rings. The Morgan fingerprint density at radius 2 is 1.13 bits per heavy atom. The van der Waals surface area contributed by atoms with Crippen molar-refractivity contribution in [2.75, 3.05) is 13.2 Å². The highest BCUT2D eigenvalue weighted by Gasteiger charge is 2.17. The molecule has 0 atom stereocenters. The number of benzene rings is 2. The van der Waals surface area contributed by atoms with E-state index in [1.807, 2.05) is 0 Å². The van der Waals surface area contributed by atoms with E-state index in [0.717, 1.165) is 12.1 Å². The second-order valence-electron chi connectivity index (χ2n) is 5.42. The van der Waals surface area contributed by atoms with Crippen LogP contribution in [0.4, 0.5) is 8.78 Å². The summed E-state index contributed by atoms with van der Waals surface area (Å²) in [6, 6.07) is 9.97. The Morgan fingerprint density at radius 1 is 0.733 bits per heavy atom. The molecule has 5 nitrogen and oxygen atoms in total. The molecule has 0 aliphatic heterocycles. The number of esters is 2. The first-order valence-corrected chi connectivity index (χ1v) is 9.42. The zero-order valence-corrected chi connectivity index (χ0v) is 17.6. The number of carbonyl (C=O) groups is 3. The maximum atomic E-state index is 12.7. The Morgan fingerprint density at radius 3 is 1.53 bits per heavy atom. The summed E-state index contributed by atoms with van der Waals surface area (Å²) >= 11 is 11.2. The Bertz CT molecular complexity index is 906. The van der Waals surface area contributed by atoms with Crippen LogP contribution in [0.2, 0.25) is 0 Å². The van der Waals surface area contributed by atoms with E-state index in [9.17, 15) is 23.2 Å². The molecule has 0 saturated heterocycles. The third-order valence-electron chi connectivity index (χ3n) is 3.37. The molecular weight excluding hydrogens is 441 g/mol. The van der Waals surface area contributed by atoms with Crippen molar-refractivity contribution in [2.24, 2.45) is 0 Å². The van der Waals surface area contributed by atoms with Crippen molar-refractivity contribution in [3.63, 3.8) is 0 Å². The van der Waals surface area contributed by atoms with Gasteiger partial charge in [-0.2, -0.15) is 0 Å². The summed E-state index contributed by atoms with van der Waals surface area (Å²) < 4.78 is 34.3. The van der Waals surface area contributed by atoms with E-state index in [4.69, 9.17) is 27.9 Å². The number of hydrogen-bond acceptors (Lipinski definition) is 5. The molecule has 0 bridgehead atoms. The van der Waals surface area contributed by atoms with Crippen molar-refractivity contribution in [3.8, 4) is 0 Å². The van der Waals surface area contributed by atoms with E-state index in [1.165, 1.54) is 36.4 Å². The minimum absolute atomic E-state index is 0.0326. The molecule has 2 aromatic carbocycles. The molecule has 0 unspecified atom stereocenters. The van der Waals surface area contributed by atoms with Crippen LogP contribution in [0.5, 0.6) is 0 Å². The van der Waals surface area contributed by atoms with Crippen LogP contribution in [0.3, 0.4) is 0 Å². The van der Waals surface area contributed by atoms with Gasteiger partial charge < -0.3 is 9.47 Å². The zero-order chi connectivity index (χ0) is 22.7. The van der Waals surface area contributed by atoms with E-state index < -0.39 is 29.4 Å². The van der Waals surface area contributed by atoms with Crippen LogP contribution in [0.1, 0.15) is 29.8 Å². The fourth-order valence-corrected chi connectivity index (χ4v) is 2.41. The van der Waals surface area contributed by atoms with Crippen molar-refractivity contribution in [3.05, 3.63) is 75.8 Å². The molecule has 0 aromatic heterocycles. The van der Waals surface area contributed by atoms with Crippen LogP contribution in [0.15, 0.2) is 53.0 Å². The lowest BCUT2D eigenvalue weighted by Crippen LogP contribution is -2.17. The minimum atomic E-state index is -0.917. The van der Waals surface area contributed by atoms with Crippen molar-refractivity contribution >= 4 is 46.5 Å². The van der Waals surface area contributed by atoms with Gasteiger partial charge in [0, 0.05) is 5.56 Å². The lowest BCUT2D eigenvalue weighted by Gasteiger charge is -2.07. The minimum Gasteiger partial charge on any atom is -0.462 e. The van der Waals surface area contributed by atoms with E-state index in [-0.39, 0.29) is 28.8 Å². The number of rotatable bonds is 6. The average molecular weight is 459 g/mol. The largest absolute Gasteiger partial charge is 0.462 e. The molecule has 2 rings (SSSR count). The van der Waals surface area contributed by atoms with Gasteiger partial charge in [0.1, 0.15) is 16.1 Å². The van der Waals surface area contributed by atoms with E-state index in [2.05, 4.69) is 4.74 Å². The van der Waals surface area contributed by atoms with Crippen LogP contribution in [-0.4, -0.2) is 30.9 Å². The topological polar surface area (TPSA) is 69.7 Å². The summed E-state index contributed by atoms with van der Waals surface area (Å²) in [5, 5.41) is 0. The highest BCUT2D eigenvalue weighted by Crippen LogP contribution is 2.25. The van der Waals surface area contributed by atoms with Gasteiger partial charge in [-0.3, -0.25) is 4.79 Å². The zero-order valence-electron chi connectivity index (χ0n) is 16.1. The van der Waals surface area contributed by atoms with Gasteiger partial charge >= 0.3 is 11.9 Å². The van der Waals surface area contributed by atoms with E-state index >= 15 is 0 Å². The fraction of sp³-hybridized carbons (Fsp3) is 0.190. The van der Waals surface area contributed by atoms with Crippen LogP contribution in [0, 0.1) is 11.6 Å². The normalized spacial score (nSPS) is 9.67. The van der Waals surface area contributed by atoms with E-state index in [0.29, 0.717) is 5.56 Å². The lowest BCUT2D eigenvalue weighted by atomic mass is 10.1. The Balaban J connectivity index is 0.000000303. The monoisotopic (exact) mass is 458 g/mol. The Hall–Kier alpha value is -2.77. The van der Waals surface area contributed by atoms with Crippen LogP contribution in [-0.2, 0) is 19.1 Å². The van der Waals surface area contributed by atoms with Gasteiger partial charge in [-0.1, -0.05) is 35.3 Å². The predicted octanol–water partition coefficient (Wildman–Crippen LogP) is 5.11. The third-order valence-corrected chi connectivity index (χ3v) is 3.75. The molecular formula is C21H18Cl2F2O5. The summed E-state index contributed by atoms with van der Waals surface area (Å²) in [6.07, 6.45) is 0. The molecule has 9 heteroatoms. The average Bonchev–Trinajstić information content (AvgIpc) is 2.70. The molecule has 0 amide bonds. The molecule has 0 radical (unpaired) electrons. The first-order valence-electron chi connectivity index (χ1n) is 8.66. The maximum absolute atomic E-state index is 12.7. The van der Waals surface area contributed by atoms with Gasteiger partial charge in [0.25, 0.3) is 5.78 Å². The highest BCUT2D eigenvalue weighted by atomic mass is 35.5. The smallest absolute Gasteiger partial charge is 0.379 e. The lowest BCUT2D eigenvalue weighted by molar-refractivity contribution is -0.137. The highest BCUT2D eigenvalue weighted by molar-refractivity contribution is 6.61. The number of carbonyl (C=O) groups excluding carboxylic acids is 3. The van der Waals surface area contributed by atoms with Crippen LogP contribution >= 0.6 is 23.2 Å². The molecule has 0 N–H and O–H groups in total. The first-order chi connectivity index (χ1) is 14.2. The summed E-state index contributed by atoms with van der Waals surface area (Å²) in [5.41, 5.74) is 0.579.